The molecule has 0 heterocycles. The number of ether oxygens (including phenoxy) is 1. The summed E-state index contributed by atoms with van der Waals surface area (Å²) in [5.74, 6) is -0.0586. The minimum absolute atomic E-state index is 0.01000. The van der Waals surface area contributed by atoms with Crippen LogP contribution in [0.4, 0.5) is 0 Å². The van der Waals surface area contributed by atoms with E-state index < -0.39 is 12.1 Å². The lowest BCUT2D eigenvalue weighted by molar-refractivity contribution is -0.143. The summed E-state index contributed by atoms with van der Waals surface area (Å²) in [6.45, 7) is 4.89. The largest absolute Gasteiger partial charge is 0.466 e. The lowest BCUT2D eigenvalue weighted by Gasteiger charge is -2.22. The summed E-state index contributed by atoms with van der Waals surface area (Å²) in [7, 11) is 0. The standard InChI is InChI=1S/C52H99NO5/c1-3-5-7-9-11-13-14-15-16-17-18-19-23-26-30-34-38-42-46-52(57)58-47-43-39-35-31-27-24-21-20-22-25-29-33-37-41-45-51(56)53-49(48-54)50(55)44-40-36-32-28-12-10-8-6-4-2/h13-14,16-17,49-50,54-55H,3-12,15,18-48H2,1-2H3,(H,53,56)/b14-13-,17-16-. The Morgan fingerprint density at radius 3 is 1.33 bits per heavy atom. The van der Waals surface area contributed by atoms with Gasteiger partial charge in [-0.05, 0) is 57.8 Å². The van der Waals surface area contributed by atoms with Crippen molar-refractivity contribution in [1.29, 1.82) is 0 Å². The summed E-state index contributed by atoms with van der Waals surface area (Å²) in [5, 5.41) is 23.1. The van der Waals surface area contributed by atoms with Gasteiger partial charge in [0.15, 0.2) is 0 Å². The number of hydrogen-bond donors (Lipinski definition) is 3. The Morgan fingerprint density at radius 2 is 0.862 bits per heavy atom. The molecule has 0 saturated heterocycles. The van der Waals surface area contributed by atoms with Crippen LogP contribution >= 0.6 is 0 Å². The number of amides is 1. The van der Waals surface area contributed by atoms with E-state index in [1.807, 2.05) is 0 Å². The molecule has 0 aliphatic carbocycles. The zero-order valence-electron chi connectivity index (χ0n) is 38.8. The Bertz CT molecular complexity index is 904. The fraction of sp³-hybridized carbons (Fsp3) is 0.885. The van der Waals surface area contributed by atoms with Crippen molar-refractivity contribution in [3.8, 4) is 0 Å². The van der Waals surface area contributed by atoms with Gasteiger partial charge >= 0.3 is 5.97 Å². The van der Waals surface area contributed by atoms with E-state index in [4.69, 9.17) is 4.74 Å². The summed E-state index contributed by atoms with van der Waals surface area (Å²) in [4.78, 5) is 24.4. The molecule has 0 bridgehead atoms. The van der Waals surface area contributed by atoms with E-state index in [0.717, 1.165) is 57.8 Å². The van der Waals surface area contributed by atoms with E-state index in [-0.39, 0.29) is 18.5 Å². The Morgan fingerprint density at radius 1 is 0.483 bits per heavy atom. The van der Waals surface area contributed by atoms with Gasteiger partial charge in [-0.25, -0.2) is 0 Å². The van der Waals surface area contributed by atoms with E-state index in [1.165, 1.54) is 180 Å². The second-order valence-electron chi connectivity index (χ2n) is 17.5. The van der Waals surface area contributed by atoms with Crippen molar-refractivity contribution in [3.05, 3.63) is 24.3 Å². The summed E-state index contributed by atoms with van der Waals surface area (Å²) < 4.78 is 5.47. The molecule has 0 aromatic rings. The average molecular weight is 818 g/mol. The summed E-state index contributed by atoms with van der Waals surface area (Å²) in [6, 6.07) is -0.547. The van der Waals surface area contributed by atoms with Crippen LogP contribution < -0.4 is 5.32 Å². The summed E-state index contributed by atoms with van der Waals surface area (Å²) in [6.07, 6.45) is 55.8. The highest BCUT2D eigenvalue weighted by molar-refractivity contribution is 5.76. The molecule has 6 nitrogen and oxygen atoms in total. The molecule has 58 heavy (non-hydrogen) atoms. The van der Waals surface area contributed by atoms with Gasteiger partial charge in [-0.15, -0.1) is 0 Å². The molecule has 0 aromatic carbocycles. The van der Waals surface area contributed by atoms with Crippen LogP contribution in [0.15, 0.2) is 24.3 Å². The minimum atomic E-state index is -0.669. The van der Waals surface area contributed by atoms with Crippen molar-refractivity contribution < 1.29 is 24.5 Å². The Hall–Kier alpha value is -1.66. The van der Waals surface area contributed by atoms with Gasteiger partial charge in [0.2, 0.25) is 5.91 Å². The number of rotatable bonds is 47. The maximum Gasteiger partial charge on any atom is 0.305 e. The number of carbonyl (C=O) groups excluding carboxylic acids is 2. The van der Waals surface area contributed by atoms with Crippen molar-refractivity contribution in [2.75, 3.05) is 13.2 Å². The number of aliphatic hydroxyl groups excluding tert-OH is 2. The molecule has 0 aromatic heterocycles. The van der Waals surface area contributed by atoms with Gasteiger partial charge in [0.25, 0.3) is 0 Å². The number of aliphatic hydroxyl groups is 2. The Labute approximate surface area is 361 Å². The first-order valence-corrected chi connectivity index (χ1v) is 25.6. The number of carbonyl (C=O) groups is 2. The molecule has 6 heteroatoms. The summed E-state index contributed by atoms with van der Waals surface area (Å²) in [5.41, 5.74) is 0. The predicted molar refractivity (Wildman–Crippen MR) is 250 cm³/mol. The first-order chi connectivity index (χ1) is 28.5. The van der Waals surface area contributed by atoms with Gasteiger partial charge in [0.05, 0.1) is 25.4 Å². The molecule has 2 atom stereocenters. The van der Waals surface area contributed by atoms with E-state index in [9.17, 15) is 19.8 Å². The zero-order chi connectivity index (χ0) is 42.3. The van der Waals surface area contributed by atoms with Gasteiger partial charge in [-0.1, -0.05) is 224 Å². The number of nitrogens with one attached hydrogen (secondary N) is 1. The third kappa shape index (κ3) is 43.9. The number of allylic oxidation sites excluding steroid dienone is 4. The van der Waals surface area contributed by atoms with Crippen molar-refractivity contribution in [3.63, 3.8) is 0 Å². The molecule has 0 aliphatic rings. The van der Waals surface area contributed by atoms with Crippen molar-refractivity contribution in [2.45, 2.75) is 283 Å². The van der Waals surface area contributed by atoms with Crippen LogP contribution in [0.3, 0.4) is 0 Å². The third-order valence-electron chi connectivity index (χ3n) is 11.8. The smallest absolute Gasteiger partial charge is 0.305 e. The molecular weight excluding hydrogens is 719 g/mol. The van der Waals surface area contributed by atoms with Gasteiger partial charge < -0.3 is 20.3 Å². The minimum Gasteiger partial charge on any atom is -0.466 e. The lowest BCUT2D eigenvalue weighted by Crippen LogP contribution is -2.45. The molecular formula is C52H99NO5. The van der Waals surface area contributed by atoms with Crippen LogP contribution in [0.2, 0.25) is 0 Å². The normalized spacial score (nSPS) is 12.8. The lowest BCUT2D eigenvalue weighted by atomic mass is 10.0. The van der Waals surface area contributed by atoms with Crippen LogP contribution in [0.5, 0.6) is 0 Å². The quantitative estimate of drug-likeness (QED) is 0.0323. The maximum absolute atomic E-state index is 12.4. The first-order valence-electron chi connectivity index (χ1n) is 25.6. The Kier molecular flexibility index (Phi) is 46.6. The zero-order valence-corrected chi connectivity index (χ0v) is 38.8. The monoisotopic (exact) mass is 818 g/mol. The average Bonchev–Trinajstić information content (AvgIpc) is 3.22. The molecule has 0 aliphatic heterocycles. The van der Waals surface area contributed by atoms with Gasteiger partial charge in [-0.3, -0.25) is 9.59 Å². The molecule has 0 rings (SSSR count). The fourth-order valence-corrected chi connectivity index (χ4v) is 7.79. The molecule has 3 N–H and O–H groups in total. The summed E-state index contributed by atoms with van der Waals surface area (Å²) >= 11 is 0. The highest BCUT2D eigenvalue weighted by Crippen LogP contribution is 2.16. The van der Waals surface area contributed by atoms with Gasteiger partial charge in [0, 0.05) is 12.8 Å². The second-order valence-corrected chi connectivity index (χ2v) is 17.5. The van der Waals surface area contributed by atoms with Crippen LogP contribution in [0.25, 0.3) is 0 Å². The molecule has 1 amide bonds. The number of unbranched alkanes of at least 4 members (excludes halogenated alkanes) is 32. The Balaban J connectivity index is 3.41. The molecule has 342 valence electrons. The van der Waals surface area contributed by atoms with E-state index in [1.54, 1.807) is 0 Å². The van der Waals surface area contributed by atoms with Crippen molar-refractivity contribution >= 4 is 11.9 Å². The second kappa shape index (κ2) is 48.0. The predicted octanol–water partition coefficient (Wildman–Crippen LogP) is 15.1. The fourth-order valence-electron chi connectivity index (χ4n) is 7.79. The first kappa shape index (κ1) is 56.3. The highest BCUT2D eigenvalue weighted by atomic mass is 16.5. The van der Waals surface area contributed by atoms with Crippen LogP contribution in [-0.2, 0) is 14.3 Å². The van der Waals surface area contributed by atoms with E-state index >= 15 is 0 Å². The molecule has 0 fully saturated rings. The molecule has 0 spiro atoms. The van der Waals surface area contributed by atoms with E-state index in [2.05, 4.69) is 43.5 Å². The highest BCUT2D eigenvalue weighted by Gasteiger charge is 2.20. The number of hydrogen-bond acceptors (Lipinski definition) is 5. The van der Waals surface area contributed by atoms with Gasteiger partial charge in [-0.2, -0.15) is 0 Å². The van der Waals surface area contributed by atoms with Crippen molar-refractivity contribution in [1.82, 2.24) is 5.32 Å². The third-order valence-corrected chi connectivity index (χ3v) is 11.8. The molecule has 2 unspecified atom stereocenters. The maximum atomic E-state index is 12.4. The van der Waals surface area contributed by atoms with Crippen LogP contribution in [-0.4, -0.2) is 47.4 Å². The number of esters is 1. The van der Waals surface area contributed by atoms with Crippen LogP contribution in [0.1, 0.15) is 271 Å². The SMILES string of the molecule is CCCCCC/C=C\C/C=C\CCCCCCCCCC(=O)OCCCCCCCCCCCCCCCCC(=O)NC(CO)C(O)CCCCCCCCCCC. The van der Waals surface area contributed by atoms with Crippen molar-refractivity contribution in [2.24, 2.45) is 0 Å². The molecule has 0 radical (unpaired) electrons. The van der Waals surface area contributed by atoms with E-state index in [0.29, 0.717) is 25.9 Å². The van der Waals surface area contributed by atoms with Crippen LogP contribution in [0, 0.1) is 0 Å². The topological polar surface area (TPSA) is 95.9 Å². The molecule has 0 saturated carbocycles. The van der Waals surface area contributed by atoms with Gasteiger partial charge in [0.1, 0.15) is 0 Å².